The van der Waals surface area contributed by atoms with Gasteiger partial charge in [0.2, 0.25) is 0 Å². The normalized spacial score (nSPS) is 11.3. The van der Waals surface area contributed by atoms with Gasteiger partial charge in [0.05, 0.1) is 11.0 Å². The van der Waals surface area contributed by atoms with E-state index in [4.69, 9.17) is 0 Å². The van der Waals surface area contributed by atoms with Crippen LogP contribution in [0.2, 0.25) is 0 Å². The van der Waals surface area contributed by atoms with Crippen LogP contribution < -0.4 is 11.2 Å². The van der Waals surface area contributed by atoms with Gasteiger partial charge in [-0.1, -0.05) is 35.9 Å². The molecule has 0 unspecified atom stereocenters. The number of hydrogen-bond donors (Lipinski definition) is 1. The Kier molecular flexibility index (Phi) is 4.32. The van der Waals surface area contributed by atoms with Gasteiger partial charge in [0.25, 0.3) is 5.56 Å². The topological polar surface area (TPSA) is 80.6 Å². The van der Waals surface area contributed by atoms with Crippen molar-refractivity contribution in [2.45, 2.75) is 33.2 Å². The molecule has 0 saturated carbocycles. The number of aryl methyl sites for hydroxylation is 4. The molecule has 6 nitrogen and oxygen atoms in total. The Morgan fingerprint density at radius 1 is 0.963 bits per heavy atom. The molecule has 4 rings (SSSR count). The summed E-state index contributed by atoms with van der Waals surface area (Å²) in [6.07, 6.45) is 1.76. The van der Waals surface area contributed by atoms with Gasteiger partial charge in [-0.25, -0.2) is 9.78 Å². The van der Waals surface area contributed by atoms with Crippen LogP contribution in [0.1, 0.15) is 23.1 Å². The van der Waals surface area contributed by atoms with E-state index in [0.717, 1.165) is 29.4 Å². The second kappa shape index (κ2) is 6.79. The van der Waals surface area contributed by atoms with Crippen LogP contribution in [-0.2, 0) is 13.0 Å². The largest absolute Gasteiger partial charge is 0.349 e. The Morgan fingerprint density at radius 2 is 1.70 bits per heavy atom. The van der Waals surface area contributed by atoms with E-state index >= 15 is 0 Å². The highest BCUT2D eigenvalue weighted by Gasteiger charge is 2.18. The summed E-state index contributed by atoms with van der Waals surface area (Å²) in [5.74, 6) is 0.337. The monoisotopic (exact) mass is 360 g/mol. The number of nitrogens with one attached hydrogen (secondary N) is 1. The van der Waals surface area contributed by atoms with E-state index in [-0.39, 0.29) is 5.69 Å². The zero-order chi connectivity index (χ0) is 19.0. The van der Waals surface area contributed by atoms with Crippen LogP contribution in [0.4, 0.5) is 0 Å². The van der Waals surface area contributed by atoms with Crippen LogP contribution in [0.15, 0.2) is 52.1 Å². The van der Waals surface area contributed by atoms with E-state index < -0.39 is 11.2 Å². The van der Waals surface area contributed by atoms with Gasteiger partial charge in [0.1, 0.15) is 0 Å². The van der Waals surface area contributed by atoms with Crippen molar-refractivity contribution < 1.29 is 0 Å². The third-order valence-electron chi connectivity index (χ3n) is 4.73. The standard InChI is InChI=1S/C21H20N4O2/c1-13-5-8-15(9-6-13)4-3-11-25-17-10-7-14(2)12-16(17)22-18-19(25)23-21(27)24-20(18)26/h5-10,12H,3-4,11H2,1-2H3,(H,24,26,27). The van der Waals surface area contributed by atoms with Crippen LogP contribution in [0.5, 0.6) is 0 Å². The summed E-state index contributed by atoms with van der Waals surface area (Å²) < 4.78 is 1.93. The first-order valence-corrected chi connectivity index (χ1v) is 8.98. The third-order valence-corrected chi connectivity index (χ3v) is 4.73. The van der Waals surface area contributed by atoms with Crippen LogP contribution in [0, 0.1) is 13.8 Å². The van der Waals surface area contributed by atoms with Crippen molar-refractivity contribution in [1.82, 2.24) is 19.5 Å². The molecule has 0 amide bonds. The number of benzene rings is 2. The summed E-state index contributed by atoms with van der Waals surface area (Å²) >= 11 is 0. The zero-order valence-corrected chi connectivity index (χ0v) is 15.3. The molecule has 0 radical (unpaired) electrons. The lowest BCUT2D eigenvalue weighted by Gasteiger charge is -2.17. The fraction of sp³-hybridized carbons (Fsp3) is 0.238. The molecule has 6 heteroatoms. The molecule has 0 saturated heterocycles. The molecule has 0 fully saturated rings. The van der Waals surface area contributed by atoms with Crippen molar-refractivity contribution in [2.75, 3.05) is 0 Å². The lowest BCUT2D eigenvalue weighted by atomic mass is 10.1. The molecule has 0 aliphatic carbocycles. The van der Waals surface area contributed by atoms with Crippen LogP contribution >= 0.6 is 0 Å². The number of rotatable bonds is 4. The summed E-state index contributed by atoms with van der Waals surface area (Å²) in [6.45, 7) is 4.69. The van der Waals surface area contributed by atoms with Crippen LogP contribution in [0.3, 0.4) is 0 Å². The van der Waals surface area contributed by atoms with Gasteiger partial charge in [-0.2, -0.15) is 4.98 Å². The Balaban J connectivity index is 1.77. The molecular weight excluding hydrogens is 340 g/mol. The minimum absolute atomic E-state index is 0.197. The Bertz CT molecular complexity index is 1210. The summed E-state index contributed by atoms with van der Waals surface area (Å²) in [7, 11) is 0. The SMILES string of the molecule is Cc1ccc(CCCn2c3nc(=O)[nH]c(=O)c-3nc3cc(C)ccc32)cc1. The maximum Gasteiger partial charge on any atom is 0.349 e. The van der Waals surface area contributed by atoms with E-state index in [0.29, 0.717) is 12.4 Å². The first-order chi connectivity index (χ1) is 13.0. The molecular formula is C21H20N4O2. The molecule has 1 N–H and O–H groups in total. The molecule has 27 heavy (non-hydrogen) atoms. The minimum atomic E-state index is -0.645. The molecule has 2 aliphatic heterocycles. The number of fused-ring (bicyclic) bond motifs is 2. The first-order valence-electron chi connectivity index (χ1n) is 8.98. The van der Waals surface area contributed by atoms with Crippen molar-refractivity contribution in [2.24, 2.45) is 0 Å². The fourth-order valence-electron chi connectivity index (χ4n) is 3.33. The number of aromatic amines is 1. The molecule has 2 aromatic carbocycles. The number of hydrogen-bond acceptors (Lipinski definition) is 4. The van der Waals surface area contributed by atoms with Gasteiger partial charge < -0.3 is 4.57 Å². The van der Waals surface area contributed by atoms with E-state index in [2.05, 4.69) is 46.1 Å². The Labute approximate surface area is 155 Å². The van der Waals surface area contributed by atoms with Crippen molar-refractivity contribution in [3.8, 4) is 11.5 Å². The highest BCUT2D eigenvalue weighted by Crippen LogP contribution is 2.22. The smallest absolute Gasteiger partial charge is 0.322 e. The molecule has 0 spiro atoms. The third kappa shape index (κ3) is 3.38. The Hall–Kier alpha value is -3.28. The summed E-state index contributed by atoms with van der Waals surface area (Å²) in [5, 5.41) is 0. The van der Waals surface area contributed by atoms with Crippen molar-refractivity contribution >= 4 is 11.0 Å². The molecule has 136 valence electrons. The highest BCUT2D eigenvalue weighted by molar-refractivity contribution is 5.79. The van der Waals surface area contributed by atoms with Gasteiger partial charge in [-0.05, 0) is 49.9 Å². The second-order valence-electron chi connectivity index (χ2n) is 6.89. The predicted molar refractivity (Wildman–Crippen MR) is 105 cm³/mol. The summed E-state index contributed by atoms with van der Waals surface area (Å²) in [5.41, 5.74) is 4.21. The number of aromatic nitrogens is 4. The first kappa shape index (κ1) is 17.1. The average Bonchev–Trinajstić information content (AvgIpc) is 2.63. The average molecular weight is 360 g/mol. The maximum absolute atomic E-state index is 12.2. The minimum Gasteiger partial charge on any atom is -0.322 e. The summed E-state index contributed by atoms with van der Waals surface area (Å²) in [6, 6.07) is 14.4. The molecule has 0 aromatic heterocycles. The van der Waals surface area contributed by atoms with E-state index in [1.165, 1.54) is 11.1 Å². The molecule has 2 aromatic rings. The van der Waals surface area contributed by atoms with Gasteiger partial charge in [-0.3, -0.25) is 9.78 Å². The van der Waals surface area contributed by atoms with Crippen LogP contribution in [0.25, 0.3) is 22.6 Å². The molecule has 0 bridgehead atoms. The number of H-pyrrole nitrogens is 1. The number of nitrogens with zero attached hydrogens (tertiary/aromatic N) is 3. The highest BCUT2D eigenvalue weighted by atomic mass is 16.2. The van der Waals surface area contributed by atoms with Gasteiger partial charge in [0, 0.05) is 6.54 Å². The lowest BCUT2D eigenvalue weighted by Crippen LogP contribution is -2.29. The molecule has 0 atom stereocenters. The fourth-order valence-corrected chi connectivity index (χ4v) is 3.33. The van der Waals surface area contributed by atoms with Crippen molar-refractivity contribution in [1.29, 1.82) is 0 Å². The summed E-state index contributed by atoms with van der Waals surface area (Å²) in [4.78, 5) is 34.7. The van der Waals surface area contributed by atoms with Crippen molar-refractivity contribution in [3.05, 3.63) is 80.0 Å². The maximum atomic E-state index is 12.2. The van der Waals surface area contributed by atoms with Gasteiger partial charge in [-0.15, -0.1) is 0 Å². The zero-order valence-electron chi connectivity index (χ0n) is 15.3. The van der Waals surface area contributed by atoms with E-state index in [1.54, 1.807) is 0 Å². The molecule has 2 heterocycles. The predicted octanol–water partition coefficient (Wildman–Crippen LogP) is 2.83. The lowest BCUT2D eigenvalue weighted by molar-refractivity contribution is 0.648. The van der Waals surface area contributed by atoms with E-state index in [1.807, 2.05) is 29.7 Å². The van der Waals surface area contributed by atoms with Crippen molar-refractivity contribution in [3.63, 3.8) is 0 Å². The van der Waals surface area contributed by atoms with Crippen LogP contribution in [-0.4, -0.2) is 19.5 Å². The van der Waals surface area contributed by atoms with E-state index in [9.17, 15) is 9.59 Å². The quantitative estimate of drug-likeness (QED) is 0.568. The van der Waals surface area contributed by atoms with Gasteiger partial charge in [0.15, 0.2) is 11.5 Å². The molecule has 2 aliphatic rings. The second-order valence-corrected chi connectivity index (χ2v) is 6.89. The van der Waals surface area contributed by atoms with Gasteiger partial charge >= 0.3 is 5.69 Å². The Morgan fingerprint density at radius 3 is 2.48 bits per heavy atom.